The van der Waals surface area contributed by atoms with E-state index in [2.05, 4.69) is 21.7 Å². The predicted octanol–water partition coefficient (Wildman–Crippen LogP) is 3.40. The van der Waals surface area contributed by atoms with Crippen LogP contribution in [-0.4, -0.2) is 34.6 Å². The molecule has 0 spiro atoms. The lowest BCUT2D eigenvalue weighted by Gasteiger charge is -2.47. The van der Waals surface area contributed by atoms with E-state index < -0.39 is 5.97 Å². The van der Waals surface area contributed by atoms with Crippen molar-refractivity contribution in [2.24, 2.45) is 5.92 Å². The van der Waals surface area contributed by atoms with Crippen molar-refractivity contribution in [1.29, 1.82) is 0 Å². The standard InChI is InChI=1S/C16H23NO2S/c18-16(19)15-6-5-13-3-1-2-4-14(13)17(15)9-7-12-8-10-20-11-12/h8,10-11,13-15H,1-7,9H2,(H,18,19). The molecule has 1 N–H and O–H groups in total. The summed E-state index contributed by atoms with van der Waals surface area (Å²) in [7, 11) is 0. The predicted molar refractivity (Wildman–Crippen MR) is 81.1 cm³/mol. The van der Waals surface area contributed by atoms with Crippen LogP contribution in [0.2, 0.25) is 0 Å². The number of hydrogen-bond donors (Lipinski definition) is 1. The van der Waals surface area contributed by atoms with E-state index in [0.29, 0.717) is 6.04 Å². The molecule has 1 aliphatic carbocycles. The Bertz CT molecular complexity index is 445. The number of thiophene rings is 1. The summed E-state index contributed by atoms with van der Waals surface area (Å²) in [5.41, 5.74) is 1.34. The van der Waals surface area contributed by atoms with Gasteiger partial charge in [-0.3, -0.25) is 9.69 Å². The van der Waals surface area contributed by atoms with Crippen molar-refractivity contribution in [2.75, 3.05) is 6.54 Å². The molecule has 3 unspecified atom stereocenters. The van der Waals surface area contributed by atoms with Crippen LogP contribution in [0.5, 0.6) is 0 Å². The molecule has 2 heterocycles. The summed E-state index contributed by atoms with van der Waals surface area (Å²) in [5, 5.41) is 13.8. The van der Waals surface area contributed by atoms with Crippen LogP contribution in [0.25, 0.3) is 0 Å². The van der Waals surface area contributed by atoms with Gasteiger partial charge in [0.25, 0.3) is 0 Å². The van der Waals surface area contributed by atoms with E-state index >= 15 is 0 Å². The summed E-state index contributed by atoms with van der Waals surface area (Å²) >= 11 is 1.72. The van der Waals surface area contributed by atoms with Crippen LogP contribution in [0, 0.1) is 5.92 Å². The van der Waals surface area contributed by atoms with Gasteiger partial charge in [0.15, 0.2) is 0 Å². The van der Waals surface area contributed by atoms with Crippen molar-refractivity contribution in [3.63, 3.8) is 0 Å². The quantitative estimate of drug-likeness (QED) is 0.925. The molecule has 3 atom stereocenters. The van der Waals surface area contributed by atoms with Gasteiger partial charge in [-0.05, 0) is 60.4 Å². The van der Waals surface area contributed by atoms with Gasteiger partial charge in [-0.15, -0.1) is 0 Å². The Balaban J connectivity index is 1.71. The van der Waals surface area contributed by atoms with E-state index in [1.165, 1.54) is 31.2 Å². The van der Waals surface area contributed by atoms with E-state index in [4.69, 9.17) is 0 Å². The van der Waals surface area contributed by atoms with Gasteiger partial charge in [-0.1, -0.05) is 12.8 Å². The zero-order valence-corrected chi connectivity index (χ0v) is 12.6. The minimum Gasteiger partial charge on any atom is -0.480 e. The molecule has 2 fully saturated rings. The number of rotatable bonds is 4. The average Bonchev–Trinajstić information content (AvgIpc) is 2.97. The molecular formula is C16H23NO2S. The average molecular weight is 293 g/mol. The first-order valence-corrected chi connectivity index (χ1v) is 8.69. The van der Waals surface area contributed by atoms with Crippen LogP contribution >= 0.6 is 11.3 Å². The fourth-order valence-electron chi connectivity index (χ4n) is 4.01. The molecule has 1 saturated heterocycles. The number of carbonyl (C=O) groups is 1. The van der Waals surface area contributed by atoms with Crippen molar-refractivity contribution in [3.8, 4) is 0 Å². The highest BCUT2D eigenvalue weighted by molar-refractivity contribution is 7.07. The van der Waals surface area contributed by atoms with Gasteiger partial charge in [0.2, 0.25) is 0 Å². The van der Waals surface area contributed by atoms with E-state index in [1.807, 2.05) is 0 Å². The lowest BCUT2D eigenvalue weighted by atomic mass is 9.76. The molecule has 1 saturated carbocycles. The van der Waals surface area contributed by atoms with Gasteiger partial charge in [0, 0.05) is 12.6 Å². The summed E-state index contributed by atoms with van der Waals surface area (Å²) in [5.74, 6) is 0.112. The van der Waals surface area contributed by atoms with Crippen LogP contribution in [0.15, 0.2) is 16.8 Å². The Morgan fingerprint density at radius 2 is 2.15 bits per heavy atom. The second kappa shape index (κ2) is 6.27. The Labute approximate surface area is 124 Å². The largest absolute Gasteiger partial charge is 0.480 e. The number of hydrogen-bond acceptors (Lipinski definition) is 3. The Morgan fingerprint density at radius 1 is 1.30 bits per heavy atom. The molecule has 0 amide bonds. The molecule has 110 valence electrons. The zero-order valence-electron chi connectivity index (χ0n) is 11.8. The van der Waals surface area contributed by atoms with Crippen molar-refractivity contribution >= 4 is 17.3 Å². The van der Waals surface area contributed by atoms with E-state index in [0.717, 1.165) is 31.7 Å². The summed E-state index contributed by atoms with van der Waals surface area (Å²) in [6.07, 6.45) is 8.01. The number of fused-ring (bicyclic) bond motifs is 1. The van der Waals surface area contributed by atoms with Crippen LogP contribution in [0.4, 0.5) is 0 Å². The van der Waals surface area contributed by atoms with Crippen LogP contribution < -0.4 is 0 Å². The van der Waals surface area contributed by atoms with Gasteiger partial charge >= 0.3 is 5.97 Å². The maximum absolute atomic E-state index is 11.6. The molecule has 0 bridgehead atoms. The molecule has 3 rings (SSSR count). The number of carboxylic acids is 1. The number of piperidine rings is 1. The summed E-state index contributed by atoms with van der Waals surface area (Å²) in [6, 6.07) is 2.41. The van der Waals surface area contributed by atoms with Crippen LogP contribution in [0.1, 0.15) is 44.1 Å². The maximum Gasteiger partial charge on any atom is 0.320 e. The summed E-state index contributed by atoms with van der Waals surface area (Å²) in [4.78, 5) is 13.9. The number of carboxylic acid groups (broad SMARTS) is 1. The van der Waals surface area contributed by atoms with Crippen molar-refractivity contribution in [2.45, 2.75) is 57.0 Å². The summed E-state index contributed by atoms with van der Waals surface area (Å²) < 4.78 is 0. The Hall–Kier alpha value is -0.870. The van der Waals surface area contributed by atoms with Gasteiger partial charge in [0.1, 0.15) is 6.04 Å². The van der Waals surface area contributed by atoms with Crippen molar-refractivity contribution in [1.82, 2.24) is 4.90 Å². The molecule has 3 nitrogen and oxygen atoms in total. The Kier molecular flexibility index (Phi) is 4.41. The monoisotopic (exact) mass is 293 g/mol. The van der Waals surface area contributed by atoms with Crippen LogP contribution in [0.3, 0.4) is 0 Å². The van der Waals surface area contributed by atoms with E-state index in [1.54, 1.807) is 11.3 Å². The molecule has 1 aliphatic heterocycles. The van der Waals surface area contributed by atoms with Gasteiger partial charge in [-0.2, -0.15) is 11.3 Å². The molecule has 1 aromatic heterocycles. The highest BCUT2D eigenvalue weighted by Gasteiger charge is 2.40. The topological polar surface area (TPSA) is 40.5 Å². The van der Waals surface area contributed by atoms with Gasteiger partial charge in [0.05, 0.1) is 0 Å². The lowest BCUT2D eigenvalue weighted by molar-refractivity contribution is -0.148. The first-order valence-electron chi connectivity index (χ1n) is 7.75. The zero-order chi connectivity index (χ0) is 13.9. The first-order chi connectivity index (χ1) is 9.75. The fraction of sp³-hybridized carbons (Fsp3) is 0.688. The third kappa shape index (κ3) is 2.91. The highest BCUT2D eigenvalue weighted by atomic mass is 32.1. The molecule has 4 heteroatoms. The lowest BCUT2D eigenvalue weighted by Crippen LogP contribution is -2.55. The minimum absolute atomic E-state index is 0.256. The van der Waals surface area contributed by atoms with Crippen molar-refractivity contribution < 1.29 is 9.90 Å². The second-order valence-corrected chi connectivity index (χ2v) is 6.94. The first kappa shape index (κ1) is 14.1. The van der Waals surface area contributed by atoms with E-state index in [-0.39, 0.29) is 6.04 Å². The normalized spacial score (nSPS) is 30.9. The molecule has 2 aliphatic rings. The number of likely N-dealkylation sites (tertiary alicyclic amines) is 1. The van der Waals surface area contributed by atoms with Crippen molar-refractivity contribution in [3.05, 3.63) is 22.4 Å². The number of nitrogens with zero attached hydrogens (tertiary/aromatic N) is 1. The minimum atomic E-state index is -0.626. The molecule has 0 radical (unpaired) electrons. The van der Waals surface area contributed by atoms with E-state index in [9.17, 15) is 9.90 Å². The van der Waals surface area contributed by atoms with Crippen LogP contribution in [-0.2, 0) is 11.2 Å². The second-order valence-electron chi connectivity index (χ2n) is 6.16. The molecule has 20 heavy (non-hydrogen) atoms. The SMILES string of the molecule is O=C(O)C1CCC2CCCCC2N1CCc1ccsc1. The molecule has 1 aromatic rings. The summed E-state index contributed by atoms with van der Waals surface area (Å²) in [6.45, 7) is 0.898. The third-order valence-electron chi connectivity index (χ3n) is 5.03. The molecular weight excluding hydrogens is 270 g/mol. The maximum atomic E-state index is 11.6. The smallest absolute Gasteiger partial charge is 0.320 e. The molecule has 0 aromatic carbocycles. The highest BCUT2D eigenvalue weighted by Crippen LogP contribution is 2.38. The van der Waals surface area contributed by atoms with Gasteiger partial charge in [-0.25, -0.2) is 0 Å². The number of aliphatic carboxylic acids is 1. The van der Waals surface area contributed by atoms with Gasteiger partial charge < -0.3 is 5.11 Å². The third-order valence-corrected chi connectivity index (χ3v) is 5.76. The fourth-order valence-corrected chi connectivity index (χ4v) is 4.71. The Morgan fingerprint density at radius 3 is 2.90 bits per heavy atom.